The molecule has 1 aliphatic rings. The van der Waals surface area contributed by atoms with Crippen LogP contribution in [0.1, 0.15) is 41.0 Å². The molecule has 1 aromatic carbocycles. The molecule has 0 aliphatic carbocycles. The van der Waals surface area contributed by atoms with Crippen LogP contribution in [0.2, 0.25) is 0 Å². The van der Waals surface area contributed by atoms with Crippen LogP contribution in [0.5, 0.6) is 11.5 Å². The van der Waals surface area contributed by atoms with E-state index in [-0.39, 0.29) is 6.10 Å². The highest BCUT2D eigenvalue weighted by Gasteiger charge is 2.52. The SMILES string of the molecule is C=CC[C@H](C)Oc1ccc(OC)cc1B1OC(C)(C)C(C)(C)O1. The van der Waals surface area contributed by atoms with Crippen LogP contribution in [-0.2, 0) is 9.31 Å². The number of rotatable bonds is 6. The van der Waals surface area contributed by atoms with E-state index in [2.05, 4.69) is 6.58 Å². The van der Waals surface area contributed by atoms with Gasteiger partial charge in [-0.05, 0) is 52.8 Å². The summed E-state index contributed by atoms with van der Waals surface area (Å²) < 4.78 is 23.7. The van der Waals surface area contributed by atoms with Crippen LogP contribution in [0.15, 0.2) is 30.9 Å². The van der Waals surface area contributed by atoms with Crippen LogP contribution in [0.4, 0.5) is 0 Å². The lowest BCUT2D eigenvalue weighted by Crippen LogP contribution is -2.41. The van der Waals surface area contributed by atoms with E-state index >= 15 is 0 Å². The second kappa shape index (κ2) is 6.58. The lowest BCUT2D eigenvalue weighted by atomic mass is 9.78. The van der Waals surface area contributed by atoms with E-state index < -0.39 is 18.3 Å². The monoisotopic (exact) mass is 318 g/mol. The van der Waals surface area contributed by atoms with Gasteiger partial charge in [0.15, 0.2) is 0 Å². The molecular formula is C18H27BO4. The predicted octanol–water partition coefficient (Wildman–Crippen LogP) is 3.34. The summed E-state index contributed by atoms with van der Waals surface area (Å²) in [5, 5.41) is 0. The first-order chi connectivity index (χ1) is 10.7. The number of hydrogen-bond acceptors (Lipinski definition) is 4. The van der Waals surface area contributed by atoms with Crippen molar-refractivity contribution in [2.75, 3.05) is 7.11 Å². The van der Waals surface area contributed by atoms with E-state index in [0.29, 0.717) is 0 Å². The van der Waals surface area contributed by atoms with Gasteiger partial charge in [-0.1, -0.05) is 6.08 Å². The Morgan fingerprint density at radius 1 is 1.22 bits per heavy atom. The third-order valence-electron chi connectivity index (χ3n) is 4.55. The van der Waals surface area contributed by atoms with Crippen molar-refractivity contribution in [2.45, 2.75) is 58.3 Å². The maximum Gasteiger partial charge on any atom is 0.498 e. The minimum Gasteiger partial charge on any atom is -0.497 e. The van der Waals surface area contributed by atoms with Gasteiger partial charge in [0, 0.05) is 11.9 Å². The Morgan fingerprint density at radius 2 is 1.83 bits per heavy atom. The second-order valence-electron chi connectivity index (χ2n) is 6.94. The van der Waals surface area contributed by atoms with E-state index in [1.165, 1.54) is 0 Å². The van der Waals surface area contributed by atoms with Crippen LogP contribution in [0.3, 0.4) is 0 Å². The third-order valence-corrected chi connectivity index (χ3v) is 4.55. The average Bonchev–Trinajstić information content (AvgIpc) is 2.68. The van der Waals surface area contributed by atoms with Gasteiger partial charge in [0.1, 0.15) is 11.5 Å². The molecule has 0 N–H and O–H groups in total. The van der Waals surface area contributed by atoms with E-state index in [1.807, 2.05) is 58.9 Å². The van der Waals surface area contributed by atoms with Crippen molar-refractivity contribution in [3.63, 3.8) is 0 Å². The largest absolute Gasteiger partial charge is 0.498 e. The van der Waals surface area contributed by atoms with Gasteiger partial charge in [-0.3, -0.25) is 0 Å². The number of ether oxygens (including phenoxy) is 2. The Kier molecular flexibility index (Phi) is 5.12. The minimum atomic E-state index is -0.485. The molecule has 126 valence electrons. The topological polar surface area (TPSA) is 36.9 Å². The molecule has 2 rings (SSSR count). The van der Waals surface area contributed by atoms with Crippen LogP contribution in [0.25, 0.3) is 0 Å². The normalized spacial score (nSPS) is 20.2. The summed E-state index contributed by atoms with van der Waals surface area (Å²) in [5.74, 6) is 1.50. The molecule has 1 aliphatic heterocycles. The molecule has 1 aromatic rings. The third kappa shape index (κ3) is 3.73. The predicted molar refractivity (Wildman–Crippen MR) is 93.6 cm³/mol. The standard InChI is InChI=1S/C18H27BO4/c1-8-9-13(2)21-16-11-10-14(20-7)12-15(16)19-22-17(3,4)18(5,6)23-19/h8,10-13H,1,9H2,2-7H3/t13-/m0/s1. The second-order valence-corrected chi connectivity index (χ2v) is 6.94. The maximum absolute atomic E-state index is 6.15. The first kappa shape index (κ1) is 17.9. The van der Waals surface area contributed by atoms with Crippen molar-refractivity contribution in [3.8, 4) is 11.5 Å². The fraction of sp³-hybridized carbons (Fsp3) is 0.556. The molecule has 1 atom stereocenters. The zero-order chi connectivity index (χ0) is 17.3. The minimum absolute atomic E-state index is 0.0297. The molecule has 0 radical (unpaired) electrons. The van der Waals surface area contributed by atoms with E-state index in [0.717, 1.165) is 23.4 Å². The first-order valence-electron chi connectivity index (χ1n) is 8.01. The Labute approximate surface area is 139 Å². The molecule has 1 heterocycles. The molecule has 5 heteroatoms. The molecule has 0 unspecified atom stereocenters. The highest BCUT2D eigenvalue weighted by molar-refractivity contribution is 6.63. The van der Waals surface area contributed by atoms with Crippen molar-refractivity contribution in [1.82, 2.24) is 0 Å². The molecule has 4 nitrogen and oxygen atoms in total. The van der Waals surface area contributed by atoms with Gasteiger partial charge >= 0.3 is 7.12 Å². The molecule has 0 aromatic heterocycles. The highest BCUT2D eigenvalue weighted by Crippen LogP contribution is 2.37. The van der Waals surface area contributed by atoms with Crippen molar-refractivity contribution >= 4 is 12.6 Å². The Hall–Kier alpha value is -1.46. The summed E-state index contributed by atoms with van der Waals surface area (Å²) in [4.78, 5) is 0. The molecular weight excluding hydrogens is 291 g/mol. The van der Waals surface area contributed by atoms with Crippen molar-refractivity contribution in [2.24, 2.45) is 0 Å². The van der Waals surface area contributed by atoms with E-state index in [9.17, 15) is 0 Å². The van der Waals surface area contributed by atoms with Gasteiger partial charge in [-0.15, -0.1) is 6.58 Å². The summed E-state index contributed by atoms with van der Waals surface area (Å²) in [6.07, 6.45) is 2.65. The smallest absolute Gasteiger partial charge is 0.497 e. The summed E-state index contributed by atoms with van der Waals surface area (Å²) in [7, 11) is 1.16. The van der Waals surface area contributed by atoms with E-state index in [4.69, 9.17) is 18.8 Å². The van der Waals surface area contributed by atoms with Crippen LogP contribution >= 0.6 is 0 Å². The zero-order valence-corrected chi connectivity index (χ0v) is 15.0. The molecule has 1 fully saturated rings. The van der Waals surface area contributed by atoms with Gasteiger partial charge in [-0.2, -0.15) is 0 Å². The summed E-state index contributed by atoms with van der Waals surface area (Å²) >= 11 is 0. The Bertz CT molecular complexity index is 552. The molecule has 1 saturated heterocycles. The fourth-order valence-corrected chi connectivity index (χ4v) is 2.41. The molecule has 23 heavy (non-hydrogen) atoms. The summed E-state index contributed by atoms with van der Waals surface area (Å²) in [5.41, 5.74) is 0.0501. The van der Waals surface area contributed by atoms with Crippen molar-refractivity contribution in [1.29, 1.82) is 0 Å². The van der Waals surface area contributed by atoms with Gasteiger partial charge in [0.05, 0.1) is 24.4 Å². The van der Waals surface area contributed by atoms with Gasteiger partial charge in [-0.25, -0.2) is 0 Å². The molecule has 0 bridgehead atoms. The number of methoxy groups -OCH3 is 1. The quantitative estimate of drug-likeness (QED) is 0.595. The van der Waals surface area contributed by atoms with Crippen LogP contribution in [-0.4, -0.2) is 31.5 Å². The molecule has 0 saturated carbocycles. The molecule has 0 spiro atoms. The van der Waals surface area contributed by atoms with Crippen LogP contribution in [0, 0.1) is 0 Å². The Morgan fingerprint density at radius 3 is 2.35 bits per heavy atom. The van der Waals surface area contributed by atoms with Crippen molar-refractivity contribution < 1.29 is 18.8 Å². The van der Waals surface area contributed by atoms with Crippen molar-refractivity contribution in [3.05, 3.63) is 30.9 Å². The summed E-state index contributed by atoms with van der Waals surface area (Å²) in [6.45, 7) is 13.9. The van der Waals surface area contributed by atoms with Gasteiger partial charge < -0.3 is 18.8 Å². The number of hydrogen-bond donors (Lipinski definition) is 0. The summed E-state index contributed by atoms with van der Waals surface area (Å²) in [6, 6.07) is 5.70. The van der Waals surface area contributed by atoms with Crippen LogP contribution < -0.4 is 14.9 Å². The fourth-order valence-electron chi connectivity index (χ4n) is 2.41. The molecule has 0 amide bonds. The number of benzene rings is 1. The lowest BCUT2D eigenvalue weighted by Gasteiger charge is -2.32. The zero-order valence-electron chi connectivity index (χ0n) is 15.0. The average molecular weight is 318 g/mol. The Balaban J connectivity index is 2.34. The lowest BCUT2D eigenvalue weighted by molar-refractivity contribution is 0.00578. The van der Waals surface area contributed by atoms with Gasteiger partial charge in [0.2, 0.25) is 0 Å². The van der Waals surface area contributed by atoms with Gasteiger partial charge in [0.25, 0.3) is 0 Å². The first-order valence-corrected chi connectivity index (χ1v) is 8.01. The maximum atomic E-state index is 6.15. The van der Waals surface area contributed by atoms with E-state index in [1.54, 1.807) is 7.11 Å². The highest BCUT2D eigenvalue weighted by atomic mass is 16.7.